The quantitative estimate of drug-likeness (QED) is 0.467. The van der Waals surface area contributed by atoms with Gasteiger partial charge in [0.2, 0.25) is 0 Å². The number of ether oxygens (including phenoxy) is 2. The van der Waals surface area contributed by atoms with Crippen molar-refractivity contribution >= 4 is 5.96 Å². The molecule has 0 aliphatic carbocycles. The molecule has 9 nitrogen and oxygen atoms in total. The Balaban J connectivity index is 1.49. The molecule has 0 spiro atoms. The summed E-state index contributed by atoms with van der Waals surface area (Å²) >= 11 is 0. The molecule has 1 aromatic heterocycles. The van der Waals surface area contributed by atoms with Crippen LogP contribution in [0.25, 0.3) is 0 Å². The molecule has 0 bridgehead atoms. The highest BCUT2D eigenvalue weighted by Crippen LogP contribution is 2.15. The highest BCUT2D eigenvalue weighted by atomic mass is 16.5. The van der Waals surface area contributed by atoms with Crippen LogP contribution in [-0.2, 0) is 30.9 Å². The lowest BCUT2D eigenvalue weighted by Crippen LogP contribution is -2.46. The van der Waals surface area contributed by atoms with Crippen molar-refractivity contribution in [2.24, 2.45) is 4.99 Å². The summed E-state index contributed by atoms with van der Waals surface area (Å²) in [4.78, 5) is 11.0. The van der Waals surface area contributed by atoms with Crippen LogP contribution in [0.5, 0.6) is 5.75 Å². The Hall–Kier alpha value is -2.65. The van der Waals surface area contributed by atoms with Crippen LogP contribution < -0.4 is 15.4 Å². The number of aliphatic imine (C=N–C) groups is 1. The fourth-order valence-electron chi connectivity index (χ4n) is 3.33. The fourth-order valence-corrected chi connectivity index (χ4v) is 3.33. The monoisotopic (exact) mass is 415 g/mol. The van der Waals surface area contributed by atoms with Gasteiger partial charge in [-0.1, -0.05) is 12.1 Å². The molecule has 0 saturated carbocycles. The zero-order chi connectivity index (χ0) is 21.3. The highest BCUT2D eigenvalue weighted by Gasteiger charge is 2.22. The standard InChI is InChI=1S/C21H33N7O2/c1-22-21(23-13-16-6-5-7-18(12-16)30-11-10-27(2)3)24-17-8-9-20-25-19(15-29-4)26-28(20)14-17/h5-7,12,17H,8-11,13-15H2,1-4H3,(H2,22,23,24). The number of guanidine groups is 1. The molecule has 9 heteroatoms. The molecule has 3 rings (SSSR count). The number of rotatable bonds is 9. The van der Waals surface area contributed by atoms with Gasteiger partial charge in [-0.15, -0.1) is 0 Å². The maximum Gasteiger partial charge on any atom is 0.191 e. The summed E-state index contributed by atoms with van der Waals surface area (Å²) in [5, 5.41) is 11.4. The Labute approximate surface area is 178 Å². The van der Waals surface area contributed by atoms with Gasteiger partial charge in [0.15, 0.2) is 11.8 Å². The summed E-state index contributed by atoms with van der Waals surface area (Å²) in [7, 11) is 7.52. The molecule has 0 amide bonds. The van der Waals surface area contributed by atoms with Crippen LogP contribution in [0, 0.1) is 0 Å². The van der Waals surface area contributed by atoms with E-state index in [-0.39, 0.29) is 6.04 Å². The molecule has 0 saturated heterocycles. The Kier molecular flexibility index (Phi) is 8.04. The summed E-state index contributed by atoms with van der Waals surface area (Å²) < 4.78 is 12.9. The second-order valence-electron chi connectivity index (χ2n) is 7.66. The van der Waals surface area contributed by atoms with Gasteiger partial charge in [0.1, 0.15) is 24.8 Å². The zero-order valence-corrected chi connectivity index (χ0v) is 18.4. The van der Waals surface area contributed by atoms with Gasteiger partial charge in [0.05, 0.1) is 6.54 Å². The number of hydrogen-bond acceptors (Lipinski definition) is 6. The summed E-state index contributed by atoms with van der Waals surface area (Å²) in [6.45, 7) is 3.44. The van der Waals surface area contributed by atoms with Gasteiger partial charge in [0, 0.05) is 39.7 Å². The minimum absolute atomic E-state index is 0.251. The van der Waals surface area contributed by atoms with Gasteiger partial charge < -0.3 is 25.0 Å². The average molecular weight is 416 g/mol. The molecule has 1 aliphatic rings. The molecule has 164 valence electrons. The van der Waals surface area contributed by atoms with Gasteiger partial charge in [-0.3, -0.25) is 4.99 Å². The first-order chi connectivity index (χ1) is 14.6. The van der Waals surface area contributed by atoms with Crippen molar-refractivity contribution in [1.82, 2.24) is 30.3 Å². The van der Waals surface area contributed by atoms with E-state index >= 15 is 0 Å². The van der Waals surface area contributed by atoms with Crippen LogP contribution in [0.3, 0.4) is 0 Å². The molecule has 1 aliphatic heterocycles. The SMILES string of the molecule is CN=C(NCc1cccc(OCCN(C)C)c1)NC1CCc2nc(COC)nn2C1. The molecule has 1 atom stereocenters. The van der Waals surface area contributed by atoms with E-state index in [1.54, 1.807) is 14.2 Å². The van der Waals surface area contributed by atoms with Gasteiger partial charge in [0.25, 0.3) is 0 Å². The molecule has 2 aromatic rings. The molecule has 0 fully saturated rings. The first-order valence-corrected chi connectivity index (χ1v) is 10.3. The number of hydrogen-bond donors (Lipinski definition) is 2. The third-order valence-corrected chi connectivity index (χ3v) is 4.91. The lowest BCUT2D eigenvalue weighted by atomic mass is 10.1. The van der Waals surface area contributed by atoms with Crippen LogP contribution in [0.1, 0.15) is 23.6 Å². The van der Waals surface area contributed by atoms with E-state index in [2.05, 4.69) is 42.7 Å². The third-order valence-electron chi connectivity index (χ3n) is 4.91. The predicted molar refractivity (Wildman–Crippen MR) is 117 cm³/mol. The van der Waals surface area contributed by atoms with Crippen molar-refractivity contribution in [2.75, 3.05) is 41.4 Å². The summed E-state index contributed by atoms with van der Waals surface area (Å²) in [5.74, 6) is 3.43. The summed E-state index contributed by atoms with van der Waals surface area (Å²) in [6.07, 6.45) is 1.87. The molecule has 1 aromatic carbocycles. The number of likely N-dealkylation sites (N-methyl/N-ethyl adjacent to an activating group) is 1. The van der Waals surface area contributed by atoms with Crippen LogP contribution in [0.2, 0.25) is 0 Å². The minimum Gasteiger partial charge on any atom is -0.492 e. The number of nitrogens with zero attached hydrogens (tertiary/aromatic N) is 5. The van der Waals surface area contributed by atoms with Crippen LogP contribution >= 0.6 is 0 Å². The van der Waals surface area contributed by atoms with Crippen LogP contribution in [0.4, 0.5) is 0 Å². The number of benzene rings is 1. The Bertz CT molecular complexity index is 835. The Morgan fingerprint density at radius 1 is 1.37 bits per heavy atom. The topological polar surface area (TPSA) is 88.8 Å². The number of nitrogens with one attached hydrogen (secondary N) is 2. The first-order valence-electron chi connectivity index (χ1n) is 10.3. The zero-order valence-electron chi connectivity index (χ0n) is 18.4. The number of aryl methyl sites for hydroxylation is 1. The average Bonchev–Trinajstić information content (AvgIpc) is 3.13. The van der Waals surface area contributed by atoms with Gasteiger partial charge >= 0.3 is 0 Å². The maximum absolute atomic E-state index is 5.82. The normalized spacial score (nSPS) is 16.4. The second kappa shape index (κ2) is 10.9. The van der Waals surface area contributed by atoms with Gasteiger partial charge in [-0.05, 0) is 38.2 Å². The molecule has 30 heavy (non-hydrogen) atoms. The summed E-state index contributed by atoms with van der Waals surface area (Å²) in [5.41, 5.74) is 1.15. The van der Waals surface area contributed by atoms with Crippen molar-refractivity contribution < 1.29 is 9.47 Å². The van der Waals surface area contributed by atoms with Gasteiger partial charge in [-0.2, -0.15) is 5.10 Å². The largest absolute Gasteiger partial charge is 0.492 e. The number of aromatic nitrogens is 3. The number of fused-ring (bicyclic) bond motifs is 1. The van der Waals surface area contributed by atoms with Crippen molar-refractivity contribution in [3.63, 3.8) is 0 Å². The van der Waals surface area contributed by atoms with Crippen molar-refractivity contribution in [1.29, 1.82) is 0 Å². The first kappa shape index (κ1) is 22.0. The van der Waals surface area contributed by atoms with E-state index in [0.29, 0.717) is 19.8 Å². The van der Waals surface area contributed by atoms with Crippen LogP contribution in [-0.4, -0.2) is 73.1 Å². The van der Waals surface area contributed by atoms with Crippen LogP contribution in [0.15, 0.2) is 29.3 Å². The maximum atomic E-state index is 5.82. The Morgan fingerprint density at radius 2 is 2.23 bits per heavy atom. The van der Waals surface area contributed by atoms with E-state index < -0.39 is 0 Å². The lowest BCUT2D eigenvalue weighted by molar-refractivity contribution is 0.177. The predicted octanol–water partition coefficient (Wildman–Crippen LogP) is 1.04. The van der Waals surface area contributed by atoms with Crippen molar-refractivity contribution in [3.8, 4) is 5.75 Å². The molecule has 2 N–H and O–H groups in total. The Morgan fingerprint density at radius 3 is 3.00 bits per heavy atom. The highest BCUT2D eigenvalue weighted by molar-refractivity contribution is 5.79. The van der Waals surface area contributed by atoms with Gasteiger partial charge in [-0.25, -0.2) is 9.67 Å². The van der Waals surface area contributed by atoms with Crippen molar-refractivity contribution in [2.45, 2.75) is 38.6 Å². The molecule has 1 unspecified atom stereocenters. The van der Waals surface area contributed by atoms with Crippen molar-refractivity contribution in [3.05, 3.63) is 41.5 Å². The van der Waals surface area contributed by atoms with E-state index in [1.807, 2.05) is 30.9 Å². The fraction of sp³-hybridized carbons (Fsp3) is 0.571. The van der Waals surface area contributed by atoms with E-state index in [0.717, 1.165) is 54.9 Å². The summed E-state index contributed by atoms with van der Waals surface area (Å²) in [6, 6.07) is 8.40. The molecular formula is C21H33N7O2. The molecule has 0 radical (unpaired) electrons. The van der Waals surface area contributed by atoms with E-state index in [9.17, 15) is 0 Å². The van der Waals surface area contributed by atoms with E-state index in [1.165, 1.54) is 0 Å². The second-order valence-corrected chi connectivity index (χ2v) is 7.66. The van der Waals surface area contributed by atoms with E-state index in [4.69, 9.17) is 9.47 Å². The molecule has 2 heterocycles. The number of methoxy groups -OCH3 is 1. The minimum atomic E-state index is 0.251. The lowest BCUT2D eigenvalue weighted by Gasteiger charge is -2.25. The smallest absolute Gasteiger partial charge is 0.191 e. The third kappa shape index (κ3) is 6.43. The molecular weight excluding hydrogens is 382 g/mol.